The number of nitrogens with zero attached hydrogens (tertiary/aromatic N) is 3. The third kappa shape index (κ3) is 3.07. The van der Waals surface area contributed by atoms with Gasteiger partial charge in [0.2, 0.25) is 0 Å². The first-order valence-electron chi connectivity index (χ1n) is 8.55. The Hall–Kier alpha value is -2.89. The van der Waals surface area contributed by atoms with Crippen molar-refractivity contribution in [1.82, 2.24) is 14.3 Å². The van der Waals surface area contributed by atoms with Gasteiger partial charge in [-0.15, -0.1) is 0 Å². The van der Waals surface area contributed by atoms with Gasteiger partial charge in [0.25, 0.3) is 0 Å². The van der Waals surface area contributed by atoms with Gasteiger partial charge in [-0.1, -0.05) is 48.3 Å². The molecule has 0 radical (unpaired) electrons. The average Bonchev–Trinajstić information content (AvgIpc) is 3.32. The fraction of sp³-hybridized carbons (Fsp3) is 0.316. The van der Waals surface area contributed by atoms with Gasteiger partial charge in [0, 0.05) is 30.1 Å². The number of aromatic nitrogens is 3. The topological polar surface area (TPSA) is 70.0 Å². The Morgan fingerprint density at radius 1 is 1.04 bits per heavy atom. The second kappa shape index (κ2) is 6.55. The van der Waals surface area contributed by atoms with E-state index in [1.165, 1.54) is 4.57 Å². The predicted molar refractivity (Wildman–Crippen MR) is 93.5 cm³/mol. The molecule has 0 spiro atoms. The summed E-state index contributed by atoms with van der Waals surface area (Å²) in [7, 11) is 0. The third-order valence-electron chi connectivity index (χ3n) is 4.76. The van der Waals surface area contributed by atoms with Gasteiger partial charge in [0.05, 0.1) is 6.54 Å². The third-order valence-corrected chi connectivity index (χ3v) is 4.76. The molecule has 2 heterocycles. The van der Waals surface area contributed by atoms with Gasteiger partial charge in [-0.3, -0.25) is 9.59 Å². The summed E-state index contributed by atoms with van der Waals surface area (Å²) in [6, 6.07) is 11.6. The zero-order valence-corrected chi connectivity index (χ0v) is 13.8. The van der Waals surface area contributed by atoms with Gasteiger partial charge in [0.1, 0.15) is 5.69 Å². The van der Waals surface area contributed by atoms with Crippen LogP contribution in [0.15, 0.2) is 62.9 Å². The quantitative estimate of drug-likeness (QED) is 0.687. The molecule has 128 valence electrons. The van der Waals surface area contributed by atoms with Crippen LogP contribution in [-0.4, -0.2) is 14.3 Å². The minimum Gasteiger partial charge on any atom is -0.359 e. The molecule has 1 saturated carbocycles. The Balaban J connectivity index is 1.59. The van der Waals surface area contributed by atoms with Crippen molar-refractivity contribution in [1.29, 1.82) is 0 Å². The minimum atomic E-state index is -0.521. The molecule has 0 atom stereocenters. The first-order chi connectivity index (χ1) is 12.2. The van der Waals surface area contributed by atoms with Gasteiger partial charge >= 0.3 is 11.1 Å². The van der Waals surface area contributed by atoms with Crippen LogP contribution in [0.3, 0.4) is 0 Å². The van der Waals surface area contributed by atoms with Crippen molar-refractivity contribution in [2.75, 3.05) is 0 Å². The summed E-state index contributed by atoms with van der Waals surface area (Å²) in [5, 5.41) is 4.04. The monoisotopic (exact) mass is 337 g/mol. The summed E-state index contributed by atoms with van der Waals surface area (Å²) in [5.41, 5.74) is 0.675. The van der Waals surface area contributed by atoms with Crippen molar-refractivity contribution in [3.8, 4) is 11.3 Å². The maximum atomic E-state index is 12.4. The SMILES string of the molecule is O=c1c(=O)n(C2CCCC2)ccn1Cc1cc(-c2ccccc2)no1. The Morgan fingerprint density at radius 2 is 1.80 bits per heavy atom. The second-order valence-electron chi connectivity index (χ2n) is 6.43. The largest absolute Gasteiger partial charge is 0.359 e. The van der Waals surface area contributed by atoms with E-state index in [4.69, 9.17) is 4.52 Å². The lowest BCUT2D eigenvalue weighted by atomic mass is 10.1. The van der Waals surface area contributed by atoms with Crippen LogP contribution in [0.25, 0.3) is 11.3 Å². The summed E-state index contributed by atoms with van der Waals surface area (Å²) in [4.78, 5) is 24.8. The lowest BCUT2D eigenvalue weighted by Crippen LogP contribution is -2.41. The highest BCUT2D eigenvalue weighted by Gasteiger charge is 2.19. The smallest absolute Gasteiger partial charge is 0.316 e. The van der Waals surface area contributed by atoms with E-state index in [9.17, 15) is 9.59 Å². The van der Waals surface area contributed by atoms with Gasteiger partial charge in [-0.05, 0) is 12.8 Å². The average molecular weight is 337 g/mol. The van der Waals surface area contributed by atoms with E-state index in [0.717, 1.165) is 31.2 Å². The van der Waals surface area contributed by atoms with Crippen molar-refractivity contribution in [2.24, 2.45) is 0 Å². The van der Waals surface area contributed by atoms with Crippen LogP contribution in [0.4, 0.5) is 0 Å². The van der Waals surface area contributed by atoms with Gasteiger partial charge < -0.3 is 13.7 Å². The maximum absolute atomic E-state index is 12.4. The van der Waals surface area contributed by atoms with E-state index in [2.05, 4.69) is 5.16 Å². The minimum absolute atomic E-state index is 0.157. The summed E-state index contributed by atoms with van der Waals surface area (Å²) in [6.45, 7) is 0.194. The number of hydrogen-bond donors (Lipinski definition) is 0. The van der Waals surface area contributed by atoms with Crippen LogP contribution in [0.2, 0.25) is 0 Å². The van der Waals surface area contributed by atoms with Gasteiger partial charge in [-0.2, -0.15) is 0 Å². The molecule has 1 aromatic carbocycles. The van der Waals surface area contributed by atoms with Crippen molar-refractivity contribution in [2.45, 2.75) is 38.3 Å². The molecule has 0 N–H and O–H groups in total. The van der Waals surface area contributed by atoms with E-state index in [0.29, 0.717) is 11.5 Å². The van der Waals surface area contributed by atoms with E-state index < -0.39 is 11.1 Å². The molecule has 0 saturated heterocycles. The number of hydrogen-bond acceptors (Lipinski definition) is 4. The molecule has 1 aliphatic rings. The van der Waals surface area contributed by atoms with Crippen LogP contribution in [0, 0.1) is 0 Å². The molecular formula is C19H19N3O3. The lowest BCUT2D eigenvalue weighted by molar-refractivity contribution is 0.375. The first kappa shape index (κ1) is 15.6. The normalized spacial score (nSPS) is 14.9. The summed E-state index contributed by atoms with van der Waals surface area (Å²) >= 11 is 0. The van der Waals surface area contributed by atoms with E-state index >= 15 is 0 Å². The van der Waals surface area contributed by atoms with Crippen LogP contribution in [-0.2, 0) is 6.54 Å². The van der Waals surface area contributed by atoms with Crippen LogP contribution in [0.5, 0.6) is 0 Å². The summed E-state index contributed by atoms with van der Waals surface area (Å²) in [6.07, 6.45) is 7.53. The predicted octanol–water partition coefficient (Wildman–Crippen LogP) is 2.83. The standard InChI is InChI=1S/C19H19N3O3/c23-18-19(24)22(15-8-4-5-9-15)11-10-21(18)13-16-12-17(20-25-16)14-6-2-1-3-7-14/h1-3,6-7,10-12,15H,4-5,8-9,13H2. The maximum Gasteiger partial charge on any atom is 0.316 e. The highest BCUT2D eigenvalue weighted by atomic mass is 16.5. The molecule has 25 heavy (non-hydrogen) atoms. The Labute approximate surface area is 144 Å². The molecule has 0 bridgehead atoms. The van der Waals surface area contributed by atoms with Crippen molar-refractivity contribution >= 4 is 0 Å². The molecule has 6 nitrogen and oxygen atoms in total. The van der Waals surface area contributed by atoms with Crippen LogP contribution < -0.4 is 11.1 Å². The van der Waals surface area contributed by atoms with E-state index in [1.807, 2.05) is 30.3 Å². The fourth-order valence-electron chi connectivity index (χ4n) is 3.42. The first-order valence-corrected chi connectivity index (χ1v) is 8.55. The molecule has 2 aromatic heterocycles. The number of benzene rings is 1. The lowest BCUT2D eigenvalue weighted by Gasteiger charge is -2.13. The summed E-state index contributed by atoms with van der Waals surface area (Å²) in [5.74, 6) is 0.541. The van der Waals surface area contributed by atoms with Crippen molar-refractivity contribution < 1.29 is 4.52 Å². The molecule has 0 amide bonds. The van der Waals surface area contributed by atoms with Crippen molar-refractivity contribution in [3.63, 3.8) is 0 Å². The Kier molecular flexibility index (Phi) is 4.09. The van der Waals surface area contributed by atoms with Gasteiger partial charge in [-0.25, -0.2) is 0 Å². The molecule has 6 heteroatoms. The highest BCUT2D eigenvalue weighted by molar-refractivity contribution is 5.58. The summed E-state index contributed by atoms with van der Waals surface area (Å²) < 4.78 is 8.29. The highest BCUT2D eigenvalue weighted by Crippen LogP contribution is 2.27. The molecule has 1 fully saturated rings. The van der Waals surface area contributed by atoms with Crippen molar-refractivity contribution in [3.05, 3.63) is 75.3 Å². The fourth-order valence-corrected chi connectivity index (χ4v) is 3.42. The second-order valence-corrected chi connectivity index (χ2v) is 6.43. The van der Waals surface area contributed by atoms with Gasteiger partial charge in [0.15, 0.2) is 5.76 Å². The zero-order valence-electron chi connectivity index (χ0n) is 13.8. The number of rotatable bonds is 4. The zero-order chi connectivity index (χ0) is 17.2. The van der Waals surface area contributed by atoms with Crippen LogP contribution >= 0.6 is 0 Å². The Morgan fingerprint density at radius 3 is 2.56 bits per heavy atom. The molecule has 0 unspecified atom stereocenters. The van der Waals surface area contributed by atoms with Crippen LogP contribution in [0.1, 0.15) is 37.5 Å². The molecule has 0 aliphatic heterocycles. The molecular weight excluding hydrogens is 318 g/mol. The molecule has 3 aromatic rings. The molecule has 1 aliphatic carbocycles. The molecule has 4 rings (SSSR count). The van der Waals surface area contributed by atoms with E-state index in [-0.39, 0.29) is 12.6 Å². The van der Waals surface area contributed by atoms with E-state index in [1.54, 1.807) is 23.0 Å². The Bertz CT molecular complexity index is 979.